The molecule has 1 aliphatic heterocycles. The molecule has 0 aliphatic carbocycles. The largest absolute Gasteiger partial charge is 0.381 e. The molecule has 21 heavy (non-hydrogen) atoms. The molecule has 114 valence electrons. The molecule has 0 atom stereocenters. The minimum absolute atomic E-state index is 0.0412. The molecule has 3 heterocycles. The summed E-state index contributed by atoms with van der Waals surface area (Å²) >= 11 is 6.12. The monoisotopic (exact) mass is 324 g/mol. The van der Waals surface area contributed by atoms with Gasteiger partial charge in [-0.3, -0.25) is 9.36 Å². The second-order valence-corrected chi connectivity index (χ2v) is 7.43. The second kappa shape index (κ2) is 5.74. The van der Waals surface area contributed by atoms with E-state index in [9.17, 15) is 4.79 Å². The highest BCUT2D eigenvalue weighted by molar-refractivity contribution is 7.80. The quantitative estimate of drug-likeness (QED) is 0.883. The van der Waals surface area contributed by atoms with E-state index in [-0.39, 0.29) is 11.0 Å². The summed E-state index contributed by atoms with van der Waals surface area (Å²) < 4.78 is 7.22. The number of thiol groups is 1. The highest BCUT2D eigenvalue weighted by atomic mass is 32.1. The van der Waals surface area contributed by atoms with Crippen molar-refractivity contribution in [2.75, 3.05) is 19.0 Å². The Kier molecular flexibility index (Phi) is 4.12. The van der Waals surface area contributed by atoms with E-state index in [0.717, 1.165) is 47.6 Å². The molecule has 0 bridgehead atoms. The molecule has 6 heteroatoms. The first-order valence-electron chi connectivity index (χ1n) is 7.20. The number of hydrogen-bond donors (Lipinski definition) is 1. The van der Waals surface area contributed by atoms with E-state index >= 15 is 0 Å². The molecule has 1 fully saturated rings. The topological polar surface area (TPSA) is 44.1 Å². The lowest BCUT2D eigenvalue weighted by molar-refractivity contribution is 0.0177. The zero-order valence-corrected chi connectivity index (χ0v) is 14.1. The fourth-order valence-electron chi connectivity index (χ4n) is 2.91. The van der Waals surface area contributed by atoms with Crippen molar-refractivity contribution in [3.8, 4) is 0 Å². The predicted octanol–water partition coefficient (Wildman–Crippen LogP) is 2.80. The number of rotatable bonds is 3. The smallest absolute Gasteiger partial charge is 0.262 e. The predicted molar refractivity (Wildman–Crippen MR) is 89.7 cm³/mol. The van der Waals surface area contributed by atoms with Gasteiger partial charge in [-0.25, -0.2) is 4.98 Å². The van der Waals surface area contributed by atoms with Crippen molar-refractivity contribution >= 4 is 34.2 Å². The Morgan fingerprint density at radius 2 is 2.14 bits per heavy atom. The molecule has 2 aromatic heterocycles. The van der Waals surface area contributed by atoms with Crippen LogP contribution >= 0.6 is 24.0 Å². The van der Waals surface area contributed by atoms with E-state index in [1.807, 2.05) is 13.8 Å². The van der Waals surface area contributed by atoms with Crippen molar-refractivity contribution in [1.29, 1.82) is 0 Å². The van der Waals surface area contributed by atoms with Crippen molar-refractivity contribution in [2.24, 2.45) is 5.41 Å². The second-order valence-electron chi connectivity index (χ2n) is 5.91. The molecule has 0 saturated carbocycles. The number of aryl methyl sites for hydroxylation is 2. The van der Waals surface area contributed by atoms with Gasteiger partial charge in [0.2, 0.25) is 0 Å². The highest BCUT2D eigenvalue weighted by Gasteiger charge is 2.32. The van der Waals surface area contributed by atoms with Crippen LogP contribution in [0.25, 0.3) is 10.2 Å². The number of nitrogens with zero attached hydrogens (tertiary/aromatic N) is 2. The van der Waals surface area contributed by atoms with Gasteiger partial charge in [-0.15, -0.1) is 11.3 Å². The zero-order chi connectivity index (χ0) is 15.0. The standard InChI is InChI=1S/C15H20N2O2S2/c1-10-11(2)21-13-12(10)14(18)17(9-16-13)7-15(8-20)3-5-19-6-4-15/h9,20H,3-8H2,1-2H3. The van der Waals surface area contributed by atoms with Gasteiger partial charge in [-0.2, -0.15) is 12.6 Å². The van der Waals surface area contributed by atoms with Crippen LogP contribution in [0.2, 0.25) is 0 Å². The first-order chi connectivity index (χ1) is 10.1. The summed E-state index contributed by atoms with van der Waals surface area (Å²) in [6, 6.07) is 0. The minimum atomic E-state index is 0.0412. The van der Waals surface area contributed by atoms with Crippen LogP contribution in [0.3, 0.4) is 0 Å². The van der Waals surface area contributed by atoms with Crippen molar-refractivity contribution in [3.63, 3.8) is 0 Å². The Balaban J connectivity index is 2.02. The van der Waals surface area contributed by atoms with Crippen LogP contribution in [-0.2, 0) is 11.3 Å². The summed E-state index contributed by atoms with van der Waals surface area (Å²) in [5, 5.41) is 0.779. The van der Waals surface area contributed by atoms with E-state index in [1.165, 1.54) is 4.88 Å². The maximum atomic E-state index is 12.8. The Hall–Kier alpha value is -0.850. The Morgan fingerprint density at radius 1 is 1.43 bits per heavy atom. The van der Waals surface area contributed by atoms with Crippen LogP contribution in [0.15, 0.2) is 11.1 Å². The number of fused-ring (bicyclic) bond motifs is 1. The molecule has 4 nitrogen and oxygen atoms in total. The van der Waals surface area contributed by atoms with Gasteiger partial charge in [0, 0.05) is 30.1 Å². The lowest BCUT2D eigenvalue weighted by Gasteiger charge is -2.36. The first kappa shape index (κ1) is 15.1. The number of aromatic nitrogens is 2. The molecular formula is C15H20N2O2S2. The molecular weight excluding hydrogens is 304 g/mol. The van der Waals surface area contributed by atoms with E-state index in [2.05, 4.69) is 17.6 Å². The third-order valence-corrected chi connectivity index (χ3v) is 6.34. The SMILES string of the molecule is Cc1sc2ncn(CC3(CS)CCOCC3)c(=O)c2c1C. The van der Waals surface area contributed by atoms with Crippen LogP contribution in [0.1, 0.15) is 23.3 Å². The lowest BCUT2D eigenvalue weighted by Crippen LogP contribution is -2.38. The molecule has 1 saturated heterocycles. The molecule has 0 aromatic carbocycles. The molecule has 0 unspecified atom stereocenters. The van der Waals surface area contributed by atoms with Crippen LogP contribution < -0.4 is 5.56 Å². The van der Waals surface area contributed by atoms with Crippen LogP contribution in [0.4, 0.5) is 0 Å². The first-order valence-corrected chi connectivity index (χ1v) is 8.65. The maximum absolute atomic E-state index is 12.8. The summed E-state index contributed by atoms with van der Waals surface area (Å²) in [6.45, 7) is 6.22. The third kappa shape index (κ3) is 2.64. The molecule has 0 N–H and O–H groups in total. The van der Waals surface area contributed by atoms with Gasteiger partial charge < -0.3 is 4.74 Å². The summed E-state index contributed by atoms with van der Waals surface area (Å²) in [5.74, 6) is 0.766. The third-order valence-electron chi connectivity index (χ3n) is 4.55. The lowest BCUT2D eigenvalue weighted by atomic mass is 9.82. The van der Waals surface area contributed by atoms with Gasteiger partial charge >= 0.3 is 0 Å². The number of ether oxygens (including phenoxy) is 1. The highest BCUT2D eigenvalue weighted by Crippen LogP contribution is 2.33. The van der Waals surface area contributed by atoms with Gasteiger partial charge in [0.15, 0.2) is 0 Å². The molecule has 3 rings (SSSR count). The van der Waals surface area contributed by atoms with E-state index in [4.69, 9.17) is 4.74 Å². The molecule has 0 radical (unpaired) electrons. The van der Waals surface area contributed by atoms with Gasteiger partial charge in [0.1, 0.15) is 4.83 Å². The fourth-order valence-corrected chi connectivity index (χ4v) is 4.32. The van der Waals surface area contributed by atoms with Crippen molar-refractivity contribution in [2.45, 2.75) is 33.2 Å². The van der Waals surface area contributed by atoms with E-state index in [0.29, 0.717) is 6.54 Å². The average molecular weight is 324 g/mol. The van der Waals surface area contributed by atoms with E-state index in [1.54, 1.807) is 22.2 Å². The summed E-state index contributed by atoms with van der Waals surface area (Å²) in [4.78, 5) is 19.3. The maximum Gasteiger partial charge on any atom is 0.262 e. The molecule has 2 aromatic rings. The Labute approximate surface area is 133 Å². The number of hydrogen-bond acceptors (Lipinski definition) is 5. The van der Waals surface area contributed by atoms with Gasteiger partial charge in [-0.1, -0.05) is 0 Å². The molecule has 0 amide bonds. The minimum Gasteiger partial charge on any atom is -0.381 e. The molecule has 0 spiro atoms. The van der Waals surface area contributed by atoms with Gasteiger partial charge in [-0.05, 0) is 38.0 Å². The van der Waals surface area contributed by atoms with Crippen LogP contribution in [-0.4, -0.2) is 28.5 Å². The van der Waals surface area contributed by atoms with Crippen LogP contribution in [0, 0.1) is 19.3 Å². The van der Waals surface area contributed by atoms with Crippen molar-refractivity contribution in [3.05, 3.63) is 27.1 Å². The Bertz CT molecular complexity index is 714. The summed E-state index contributed by atoms with van der Waals surface area (Å²) in [6.07, 6.45) is 3.59. The normalized spacial score (nSPS) is 18.2. The Morgan fingerprint density at radius 3 is 2.81 bits per heavy atom. The van der Waals surface area contributed by atoms with Gasteiger partial charge in [0.25, 0.3) is 5.56 Å². The summed E-state index contributed by atoms with van der Waals surface area (Å²) in [7, 11) is 0. The average Bonchev–Trinajstić information content (AvgIpc) is 2.79. The van der Waals surface area contributed by atoms with Gasteiger partial charge in [0.05, 0.1) is 11.7 Å². The van der Waals surface area contributed by atoms with Crippen molar-refractivity contribution in [1.82, 2.24) is 9.55 Å². The zero-order valence-electron chi connectivity index (χ0n) is 12.4. The van der Waals surface area contributed by atoms with E-state index < -0.39 is 0 Å². The van der Waals surface area contributed by atoms with Crippen LogP contribution in [0.5, 0.6) is 0 Å². The molecule has 1 aliphatic rings. The summed E-state index contributed by atoms with van der Waals surface area (Å²) in [5.41, 5.74) is 1.18. The fraction of sp³-hybridized carbons (Fsp3) is 0.600. The number of thiophene rings is 1. The van der Waals surface area contributed by atoms with Crippen molar-refractivity contribution < 1.29 is 4.74 Å².